The zero-order chi connectivity index (χ0) is 20.1. The van der Waals surface area contributed by atoms with Gasteiger partial charge in [-0.3, -0.25) is 15.0 Å². The van der Waals surface area contributed by atoms with Gasteiger partial charge in [0.15, 0.2) is 0 Å². The number of hydrogen-bond donors (Lipinski definition) is 1. The number of hydrogen-bond acceptors (Lipinski definition) is 5. The highest BCUT2D eigenvalue weighted by molar-refractivity contribution is 7.99. The van der Waals surface area contributed by atoms with E-state index in [1.165, 1.54) is 27.9 Å². The second-order valence-corrected chi connectivity index (χ2v) is 8.40. The number of thioether (sulfide) groups is 1. The molecule has 0 atom stereocenters. The second-order valence-electron chi connectivity index (χ2n) is 6.44. The largest absolute Gasteiger partial charge is 0.281 e. The van der Waals surface area contributed by atoms with Gasteiger partial charge >= 0.3 is 0 Å². The monoisotopic (exact) mass is 421 g/mol. The topological polar surface area (TPSA) is 64.0 Å². The van der Waals surface area contributed by atoms with Crippen LogP contribution in [-0.2, 0) is 11.2 Å². The van der Waals surface area contributed by atoms with Crippen molar-refractivity contribution in [3.63, 3.8) is 0 Å². The van der Waals surface area contributed by atoms with Gasteiger partial charge in [0, 0.05) is 10.9 Å². The maximum absolute atomic E-state index is 12.9. The first-order chi connectivity index (χ1) is 14.2. The van der Waals surface area contributed by atoms with Gasteiger partial charge in [-0.25, -0.2) is 9.66 Å². The van der Waals surface area contributed by atoms with Crippen LogP contribution in [0, 0.1) is 0 Å². The first-order valence-electron chi connectivity index (χ1n) is 9.18. The second kappa shape index (κ2) is 9.07. The standard InChI is InChI=1S/C22H19N3O2S2/c26-19(14-28-12-11-16-7-3-1-4-8-16)24-25-15-23-21-20(22(25)27)18(13-29-21)17-9-5-2-6-10-17/h1-10,13,15H,11-12,14H2,(H,24,26). The Balaban J connectivity index is 1.43. The van der Waals surface area contributed by atoms with Gasteiger partial charge in [-0.1, -0.05) is 60.7 Å². The van der Waals surface area contributed by atoms with Gasteiger partial charge in [0.05, 0.1) is 11.1 Å². The van der Waals surface area contributed by atoms with Gasteiger partial charge < -0.3 is 0 Å². The van der Waals surface area contributed by atoms with Gasteiger partial charge in [0.1, 0.15) is 11.2 Å². The lowest BCUT2D eigenvalue weighted by Gasteiger charge is -2.08. The highest BCUT2D eigenvalue weighted by Crippen LogP contribution is 2.30. The van der Waals surface area contributed by atoms with Crippen molar-refractivity contribution in [3.05, 3.63) is 88.3 Å². The number of nitrogens with one attached hydrogen (secondary N) is 1. The lowest BCUT2D eigenvalue weighted by Crippen LogP contribution is -2.34. The molecule has 7 heteroatoms. The highest BCUT2D eigenvalue weighted by Gasteiger charge is 2.14. The van der Waals surface area contributed by atoms with Crippen molar-refractivity contribution < 1.29 is 4.79 Å². The van der Waals surface area contributed by atoms with Gasteiger partial charge in [-0.05, 0) is 23.3 Å². The summed E-state index contributed by atoms with van der Waals surface area (Å²) in [6.45, 7) is 0. The summed E-state index contributed by atoms with van der Waals surface area (Å²) < 4.78 is 1.18. The van der Waals surface area contributed by atoms with Crippen molar-refractivity contribution in [1.29, 1.82) is 0 Å². The normalized spacial score (nSPS) is 10.9. The molecule has 0 fully saturated rings. The summed E-state index contributed by atoms with van der Waals surface area (Å²) in [6, 6.07) is 19.9. The minimum atomic E-state index is -0.266. The number of benzene rings is 2. The average molecular weight is 422 g/mol. The van der Waals surface area contributed by atoms with Crippen molar-refractivity contribution in [2.75, 3.05) is 16.9 Å². The smallest absolute Gasteiger partial charge is 0.272 e. The van der Waals surface area contributed by atoms with E-state index in [0.717, 1.165) is 23.3 Å². The Morgan fingerprint density at radius 1 is 1.07 bits per heavy atom. The van der Waals surface area contributed by atoms with E-state index >= 15 is 0 Å². The molecule has 2 aromatic heterocycles. The van der Waals surface area contributed by atoms with Crippen LogP contribution in [0.25, 0.3) is 21.3 Å². The lowest BCUT2D eigenvalue weighted by atomic mass is 10.1. The molecule has 0 bridgehead atoms. The van der Waals surface area contributed by atoms with Crippen molar-refractivity contribution >= 4 is 39.2 Å². The average Bonchev–Trinajstić information content (AvgIpc) is 3.20. The molecule has 1 amide bonds. The number of nitrogens with zero attached hydrogens (tertiary/aromatic N) is 2. The van der Waals surface area contributed by atoms with Crippen molar-refractivity contribution in [3.8, 4) is 11.1 Å². The summed E-state index contributed by atoms with van der Waals surface area (Å²) in [6.07, 6.45) is 2.28. The molecule has 0 radical (unpaired) electrons. The summed E-state index contributed by atoms with van der Waals surface area (Å²) in [5.41, 5.74) is 5.43. The zero-order valence-electron chi connectivity index (χ0n) is 15.6. The van der Waals surface area contributed by atoms with Gasteiger partial charge in [0.25, 0.3) is 5.56 Å². The van der Waals surface area contributed by atoms with E-state index in [0.29, 0.717) is 10.2 Å². The molecule has 0 saturated carbocycles. The number of fused-ring (bicyclic) bond motifs is 1. The molecule has 146 valence electrons. The summed E-state index contributed by atoms with van der Waals surface area (Å²) in [5, 5.41) is 2.46. The van der Waals surface area contributed by atoms with Crippen molar-refractivity contribution in [1.82, 2.24) is 9.66 Å². The van der Waals surface area contributed by atoms with Crippen LogP contribution in [0.2, 0.25) is 0 Å². The molecule has 5 nitrogen and oxygen atoms in total. The predicted molar refractivity (Wildman–Crippen MR) is 121 cm³/mol. The maximum Gasteiger partial charge on any atom is 0.281 e. The first kappa shape index (κ1) is 19.4. The molecule has 29 heavy (non-hydrogen) atoms. The van der Waals surface area contributed by atoms with Crippen LogP contribution >= 0.6 is 23.1 Å². The molecule has 4 rings (SSSR count). The fourth-order valence-corrected chi connectivity index (χ4v) is 4.69. The fraction of sp³-hybridized carbons (Fsp3) is 0.136. The number of carbonyl (C=O) groups excluding carboxylic acids is 1. The van der Waals surface area contributed by atoms with Gasteiger partial charge in [-0.15, -0.1) is 11.3 Å². The van der Waals surface area contributed by atoms with Gasteiger partial charge in [-0.2, -0.15) is 11.8 Å². The third kappa shape index (κ3) is 4.58. The van der Waals surface area contributed by atoms with E-state index in [1.54, 1.807) is 11.8 Å². The highest BCUT2D eigenvalue weighted by atomic mass is 32.2. The van der Waals surface area contributed by atoms with E-state index in [1.807, 2.05) is 53.9 Å². The summed E-state index contributed by atoms with van der Waals surface area (Å²) in [7, 11) is 0. The SMILES string of the molecule is O=C(CSCCc1ccccc1)Nn1cnc2scc(-c3ccccc3)c2c1=O. The van der Waals surface area contributed by atoms with E-state index in [2.05, 4.69) is 22.5 Å². The molecule has 0 aliphatic carbocycles. The molecule has 0 spiro atoms. The van der Waals surface area contributed by atoms with Crippen LogP contribution < -0.4 is 11.0 Å². The molecule has 1 N–H and O–H groups in total. The molecule has 0 unspecified atom stereocenters. The maximum atomic E-state index is 12.9. The number of rotatable bonds is 7. The van der Waals surface area contributed by atoms with E-state index in [4.69, 9.17) is 0 Å². The van der Waals surface area contributed by atoms with Gasteiger partial charge in [0.2, 0.25) is 5.91 Å². The summed E-state index contributed by atoms with van der Waals surface area (Å²) >= 11 is 2.96. The first-order valence-corrected chi connectivity index (χ1v) is 11.2. The number of aryl methyl sites for hydroxylation is 1. The van der Waals surface area contributed by atoms with E-state index < -0.39 is 0 Å². The summed E-state index contributed by atoms with van der Waals surface area (Å²) in [4.78, 5) is 30.2. The van der Waals surface area contributed by atoms with E-state index in [-0.39, 0.29) is 17.2 Å². The lowest BCUT2D eigenvalue weighted by molar-refractivity contribution is -0.114. The van der Waals surface area contributed by atoms with Crippen LogP contribution in [0.15, 0.2) is 77.2 Å². The van der Waals surface area contributed by atoms with Crippen LogP contribution in [0.4, 0.5) is 0 Å². The molecule has 0 aliphatic rings. The van der Waals surface area contributed by atoms with Crippen LogP contribution in [0.5, 0.6) is 0 Å². The molecule has 4 aromatic rings. The van der Waals surface area contributed by atoms with Crippen LogP contribution in [0.3, 0.4) is 0 Å². The Hall–Kier alpha value is -2.90. The number of carbonyl (C=O) groups is 1. The zero-order valence-corrected chi connectivity index (χ0v) is 17.2. The third-order valence-electron chi connectivity index (χ3n) is 4.44. The fourth-order valence-electron chi connectivity index (χ4n) is 3.01. The molecular weight excluding hydrogens is 402 g/mol. The van der Waals surface area contributed by atoms with Crippen molar-refractivity contribution in [2.24, 2.45) is 0 Å². The van der Waals surface area contributed by atoms with E-state index in [9.17, 15) is 9.59 Å². The number of aromatic nitrogens is 2. The van der Waals surface area contributed by atoms with Crippen LogP contribution in [0.1, 0.15) is 5.56 Å². The van der Waals surface area contributed by atoms with Crippen molar-refractivity contribution in [2.45, 2.75) is 6.42 Å². The molecule has 0 saturated heterocycles. The number of thiophene rings is 1. The Bertz CT molecular complexity index is 1170. The van der Waals surface area contributed by atoms with Crippen LogP contribution in [-0.4, -0.2) is 27.1 Å². The summed E-state index contributed by atoms with van der Waals surface area (Å²) in [5.74, 6) is 0.904. The molecule has 2 aromatic carbocycles. The molecular formula is C22H19N3O2S2. The minimum absolute atomic E-state index is 0.220. The Morgan fingerprint density at radius 3 is 2.55 bits per heavy atom. The molecule has 0 aliphatic heterocycles. The minimum Gasteiger partial charge on any atom is -0.272 e. The Labute approximate surface area is 176 Å². The predicted octanol–water partition coefficient (Wildman–Crippen LogP) is 4.17. The quantitative estimate of drug-likeness (QED) is 0.455. The Morgan fingerprint density at radius 2 is 1.79 bits per heavy atom. The Kier molecular flexibility index (Phi) is 6.07. The molecule has 2 heterocycles. The third-order valence-corrected chi connectivity index (χ3v) is 6.28. The number of amides is 1.